The maximum absolute atomic E-state index is 13.5. The highest BCUT2D eigenvalue weighted by atomic mass is 32.2. The van der Waals surface area contributed by atoms with E-state index in [4.69, 9.17) is 0 Å². The van der Waals surface area contributed by atoms with Crippen LogP contribution in [0.5, 0.6) is 0 Å². The van der Waals surface area contributed by atoms with Gasteiger partial charge in [0.2, 0.25) is 0 Å². The Morgan fingerprint density at radius 2 is 1.86 bits per heavy atom. The number of halogens is 2. The summed E-state index contributed by atoms with van der Waals surface area (Å²) in [6.45, 7) is 6.11. The number of anilines is 2. The second-order valence-electron chi connectivity index (χ2n) is 10.5. The van der Waals surface area contributed by atoms with Gasteiger partial charge in [-0.15, -0.1) is 0 Å². The molecule has 7 nitrogen and oxygen atoms in total. The van der Waals surface area contributed by atoms with E-state index in [1.807, 2.05) is 13.0 Å². The molecular formula is C26H32F2N4O3S. The van der Waals surface area contributed by atoms with Crippen LogP contribution in [0.2, 0.25) is 0 Å². The molecule has 2 aliphatic heterocycles. The molecule has 0 amide bonds. The van der Waals surface area contributed by atoms with Gasteiger partial charge in [0.1, 0.15) is 5.78 Å². The summed E-state index contributed by atoms with van der Waals surface area (Å²) in [5.74, 6) is -2.77. The molecule has 1 aromatic carbocycles. The summed E-state index contributed by atoms with van der Waals surface area (Å²) in [7, 11) is -2.52. The van der Waals surface area contributed by atoms with Crippen molar-refractivity contribution < 1.29 is 22.0 Å². The number of benzene rings is 1. The lowest BCUT2D eigenvalue weighted by molar-refractivity contribution is -0.118. The Bertz CT molecular complexity index is 1290. The maximum Gasteiger partial charge on any atom is 0.327 e. The zero-order chi connectivity index (χ0) is 25.8. The Balaban J connectivity index is 1.35. The molecule has 0 radical (unpaired) electrons. The van der Waals surface area contributed by atoms with Crippen molar-refractivity contribution in [2.75, 3.05) is 35.3 Å². The summed E-state index contributed by atoms with van der Waals surface area (Å²) in [6, 6.07) is 9.68. The maximum atomic E-state index is 13.5. The molecule has 194 valence electrons. The molecular weight excluding hydrogens is 486 g/mol. The number of carbonyl (C=O) groups is 1. The molecule has 1 aliphatic carbocycles. The summed E-state index contributed by atoms with van der Waals surface area (Å²) in [5.41, 5.74) is 4.06. The van der Waals surface area contributed by atoms with Crippen molar-refractivity contribution in [2.24, 2.45) is 11.8 Å². The van der Waals surface area contributed by atoms with Crippen molar-refractivity contribution in [1.29, 1.82) is 0 Å². The van der Waals surface area contributed by atoms with Gasteiger partial charge >= 0.3 is 10.2 Å². The minimum absolute atomic E-state index is 0.245. The third kappa shape index (κ3) is 4.72. The number of carbonyl (C=O) groups excluding carboxylic acids is 1. The standard InChI is InChI=1S/C26H32F2N4O3S/c1-17-4-5-20(15-31-10-8-19(9-11-31)12-18(2)33)13-22(17)23-6-7-24-25(29-23)30(3)36(34,35)32(24)16-21-14-26(21,27)28/h4-7,13,19,21H,8-12,14-16H2,1-3H3. The highest BCUT2D eigenvalue weighted by Crippen LogP contribution is 2.51. The van der Waals surface area contributed by atoms with Crippen molar-refractivity contribution in [3.63, 3.8) is 0 Å². The molecule has 2 aromatic rings. The Morgan fingerprint density at radius 1 is 1.17 bits per heavy atom. The summed E-state index contributed by atoms with van der Waals surface area (Å²) in [5, 5.41) is 0. The first kappa shape index (κ1) is 25.1. The van der Waals surface area contributed by atoms with Crippen LogP contribution in [0.4, 0.5) is 20.3 Å². The fraction of sp³-hybridized carbons (Fsp3) is 0.538. The van der Waals surface area contributed by atoms with E-state index in [0.29, 0.717) is 23.7 Å². The minimum Gasteiger partial charge on any atom is -0.300 e. The van der Waals surface area contributed by atoms with Crippen molar-refractivity contribution >= 4 is 27.5 Å². The number of aryl methyl sites for hydroxylation is 1. The molecule has 36 heavy (non-hydrogen) atoms. The molecule has 1 saturated carbocycles. The van der Waals surface area contributed by atoms with Gasteiger partial charge in [-0.1, -0.05) is 12.1 Å². The summed E-state index contributed by atoms with van der Waals surface area (Å²) < 4.78 is 55.0. The fourth-order valence-electron chi connectivity index (χ4n) is 5.32. The summed E-state index contributed by atoms with van der Waals surface area (Å²) >= 11 is 0. The summed E-state index contributed by atoms with van der Waals surface area (Å²) in [4.78, 5) is 18.5. The van der Waals surface area contributed by atoms with E-state index in [-0.39, 0.29) is 24.6 Å². The minimum atomic E-state index is -3.94. The van der Waals surface area contributed by atoms with Gasteiger partial charge < -0.3 is 4.79 Å². The second-order valence-corrected chi connectivity index (χ2v) is 12.4. The van der Waals surface area contributed by atoms with Gasteiger partial charge in [-0.3, -0.25) is 4.90 Å². The van der Waals surface area contributed by atoms with Gasteiger partial charge in [0, 0.05) is 44.5 Å². The third-order valence-electron chi connectivity index (χ3n) is 7.66. The van der Waals surface area contributed by atoms with Gasteiger partial charge in [-0.2, -0.15) is 8.42 Å². The largest absolute Gasteiger partial charge is 0.327 e. The first-order valence-electron chi connectivity index (χ1n) is 12.4. The molecule has 1 aromatic heterocycles. The first-order valence-corrected chi connectivity index (χ1v) is 13.8. The smallest absolute Gasteiger partial charge is 0.300 e. The molecule has 10 heteroatoms. The number of alkyl halides is 2. The molecule has 3 aliphatic rings. The van der Waals surface area contributed by atoms with Gasteiger partial charge in [-0.25, -0.2) is 22.4 Å². The van der Waals surface area contributed by atoms with Crippen LogP contribution in [0.15, 0.2) is 30.3 Å². The second kappa shape index (κ2) is 9.06. The third-order valence-corrected chi connectivity index (χ3v) is 9.42. The zero-order valence-corrected chi connectivity index (χ0v) is 21.7. The number of ketones is 1. The van der Waals surface area contributed by atoms with E-state index in [1.165, 1.54) is 7.05 Å². The fourth-order valence-corrected chi connectivity index (χ4v) is 6.72. The SMILES string of the molecule is CC(=O)CC1CCN(Cc2ccc(C)c(-c3ccc4c(n3)N(C)S(=O)(=O)N4CC3CC3(F)F)c2)CC1. The lowest BCUT2D eigenvalue weighted by atomic mass is 9.91. The lowest BCUT2D eigenvalue weighted by Crippen LogP contribution is -2.37. The van der Waals surface area contributed by atoms with E-state index in [0.717, 1.165) is 57.8 Å². The van der Waals surface area contributed by atoms with Crippen LogP contribution < -0.4 is 8.61 Å². The number of Topliss-reactive ketones (excluding diaryl/α,β-unsaturated/α-hetero) is 1. The Kier molecular flexibility index (Phi) is 6.31. The predicted molar refractivity (Wildman–Crippen MR) is 135 cm³/mol. The molecule has 1 atom stereocenters. The number of pyridine rings is 1. The van der Waals surface area contributed by atoms with Crippen molar-refractivity contribution in [1.82, 2.24) is 9.88 Å². The van der Waals surface area contributed by atoms with Crippen molar-refractivity contribution in [3.05, 3.63) is 41.5 Å². The van der Waals surface area contributed by atoms with E-state index < -0.39 is 22.0 Å². The Morgan fingerprint density at radius 3 is 2.50 bits per heavy atom. The van der Waals surface area contributed by atoms with E-state index >= 15 is 0 Å². The first-order chi connectivity index (χ1) is 17.0. The normalized spacial score (nSPS) is 23.1. The van der Waals surface area contributed by atoms with Gasteiger partial charge in [0.25, 0.3) is 5.92 Å². The van der Waals surface area contributed by atoms with Gasteiger partial charge in [0.05, 0.1) is 11.4 Å². The van der Waals surface area contributed by atoms with E-state index in [2.05, 4.69) is 22.0 Å². The number of rotatable bonds is 7. The molecule has 0 bridgehead atoms. The molecule has 0 spiro atoms. The molecule has 3 heterocycles. The lowest BCUT2D eigenvalue weighted by Gasteiger charge is -2.31. The Labute approximate surface area is 211 Å². The van der Waals surface area contributed by atoms with E-state index in [1.54, 1.807) is 19.1 Å². The van der Waals surface area contributed by atoms with Crippen molar-refractivity contribution in [2.45, 2.75) is 52.0 Å². The van der Waals surface area contributed by atoms with Crippen LogP contribution in [0.25, 0.3) is 11.3 Å². The van der Waals surface area contributed by atoms with Crippen LogP contribution in [0, 0.1) is 18.8 Å². The quantitative estimate of drug-likeness (QED) is 0.543. The number of nitrogens with zero attached hydrogens (tertiary/aromatic N) is 4. The van der Waals surface area contributed by atoms with Crippen LogP contribution >= 0.6 is 0 Å². The number of piperidine rings is 1. The molecule has 1 saturated heterocycles. The molecule has 5 rings (SSSR count). The Hall–Kier alpha value is -2.59. The van der Waals surface area contributed by atoms with Crippen LogP contribution in [-0.2, 0) is 21.5 Å². The topological polar surface area (TPSA) is 73.8 Å². The number of hydrogen-bond acceptors (Lipinski definition) is 5. The van der Waals surface area contributed by atoms with Gasteiger partial charge in [-0.05, 0) is 75.0 Å². The van der Waals surface area contributed by atoms with Gasteiger partial charge in [0.15, 0.2) is 5.82 Å². The number of fused-ring (bicyclic) bond motifs is 1. The monoisotopic (exact) mass is 518 g/mol. The van der Waals surface area contributed by atoms with Crippen molar-refractivity contribution in [3.8, 4) is 11.3 Å². The van der Waals surface area contributed by atoms with Crippen LogP contribution in [0.3, 0.4) is 0 Å². The summed E-state index contributed by atoms with van der Waals surface area (Å²) in [6.07, 6.45) is 2.42. The van der Waals surface area contributed by atoms with Crippen LogP contribution in [-0.4, -0.2) is 56.7 Å². The number of hydrogen-bond donors (Lipinski definition) is 0. The van der Waals surface area contributed by atoms with E-state index in [9.17, 15) is 22.0 Å². The molecule has 0 N–H and O–H groups in total. The number of likely N-dealkylation sites (tertiary alicyclic amines) is 1. The predicted octanol–water partition coefficient (Wildman–Crippen LogP) is 4.40. The molecule has 1 unspecified atom stereocenters. The highest BCUT2D eigenvalue weighted by Gasteiger charge is 2.59. The average molecular weight is 519 g/mol. The zero-order valence-electron chi connectivity index (χ0n) is 20.9. The van der Waals surface area contributed by atoms with Crippen LogP contribution in [0.1, 0.15) is 43.7 Å². The average Bonchev–Trinajstić information content (AvgIpc) is 3.38. The number of aromatic nitrogens is 1. The highest BCUT2D eigenvalue weighted by molar-refractivity contribution is 7.94. The molecule has 2 fully saturated rings.